The average Bonchev–Trinajstić information content (AvgIpc) is 2.28. The van der Waals surface area contributed by atoms with Gasteiger partial charge in [-0.15, -0.1) is 0 Å². The molecule has 0 aliphatic carbocycles. The molecule has 0 fully saturated rings. The Morgan fingerprint density at radius 3 is 2.00 bits per heavy atom. The Hall–Kier alpha value is -1.12. The minimum Gasteiger partial charge on any atom is -0.393 e. The van der Waals surface area contributed by atoms with Crippen molar-refractivity contribution in [2.24, 2.45) is 5.92 Å². The molecule has 1 rings (SSSR count). The lowest BCUT2D eigenvalue weighted by molar-refractivity contribution is 0.144. The fourth-order valence-corrected chi connectivity index (χ4v) is 0.753. The molecule has 1 aromatic rings. The van der Waals surface area contributed by atoms with Crippen LogP contribution >= 0.6 is 0 Å². The first-order valence-corrected chi connectivity index (χ1v) is 5.58. The zero-order chi connectivity index (χ0) is 12.4. The van der Waals surface area contributed by atoms with Gasteiger partial charge in [0.25, 0.3) is 0 Å². The molecule has 90 valence electrons. The van der Waals surface area contributed by atoms with E-state index in [1.807, 2.05) is 50.3 Å². The quantitative estimate of drug-likeness (QED) is 0.825. The third kappa shape index (κ3) is 8.21. The van der Waals surface area contributed by atoms with E-state index < -0.39 is 0 Å². The maximum Gasteiger partial charge on any atom is 0.0615 e. The molecule has 16 heavy (non-hydrogen) atoms. The van der Waals surface area contributed by atoms with Gasteiger partial charge in [-0.25, -0.2) is 0 Å². The van der Waals surface area contributed by atoms with Gasteiger partial charge in [0, 0.05) is 0 Å². The summed E-state index contributed by atoms with van der Waals surface area (Å²) in [5, 5.41) is 17.1. The largest absolute Gasteiger partial charge is 0.393 e. The Morgan fingerprint density at radius 1 is 1.12 bits per heavy atom. The van der Waals surface area contributed by atoms with Crippen LogP contribution in [0.4, 0.5) is 0 Å². The summed E-state index contributed by atoms with van der Waals surface area (Å²) in [5.41, 5.74) is 1.12. The Balaban J connectivity index is 0.000000325. The van der Waals surface area contributed by atoms with Crippen molar-refractivity contribution in [2.75, 3.05) is 6.61 Å². The fraction of sp³-hybridized carbons (Fsp3) is 0.429. The van der Waals surface area contributed by atoms with E-state index in [0.717, 1.165) is 5.56 Å². The molecule has 1 aromatic carbocycles. The Bertz CT molecular complexity index is 270. The van der Waals surface area contributed by atoms with Gasteiger partial charge in [0.05, 0.1) is 12.7 Å². The summed E-state index contributed by atoms with van der Waals surface area (Å²) in [6.07, 6.45) is 3.46. The van der Waals surface area contributed by atoms with Crippen molar-refractivity contribution in [1.82, 2.24) is 0 Å². The van der Waals surface area contributed by atoms with Crippen molar-refractivity contribution in [2.45, 2.75) is 26.9 Å². The van der Waals surface area contributed by atoms with Gasteiger partial charge >= 0.3 is 0 Å². The first-order valence-electron chi connectivity index (χ1n) is 5.58. The van der Waals surface area contributed by atoms with Gasteiger partial charge in [0.15, 0.2) is 0 Å². The van der Waals surface area contributed by atoms with Crippen LogP contribution in [0.25, 0.3) is 6.08 Å². The molecule has 1 unspecified atom stereocenters. The maximum absolute atomic E-state index is 8.63. The van der Waals surface area contributed by atoms with Gasteiger partial charge in [-0.1, -0.05) is 56.3 Å². The highest BCUT2D eigenvalue weighted by molar-refractivity contribution is 5.48. The van der Waals surface area contributed by atoms with Gasteiger partial charge < -0.3 is 10.2 Å². The summed E-state index contributed by atoms with van der Waals surface area (Å²) in [5.74, 6) is 0.407. The molecule has 0 aromatic heterocycles. The second kappa shape index (κ2) is 9.13. The fourth-order valence-electron chi connectivity index (χ4n) is 0.753. The highest BCUT2D eigenvalue weighted by atomic mass is 16.3. The second-order valence-corrected chi connectivity index (χ2v) is 3.98. The predicted molar refractivity (Wildman–Crippen MR) is 69.1 cm³/mol. The van der Waals surface area contributed by atoms with Crippen molar-refractivity contribution >= 4 is 6.08 Å². The average molecular weight is 222 g/mol. The highest BCUT2D eigenvalue weighted by Crippen LogP contribution is 1.99. The van der Waals surface area contributed by atoms with Gasteiger partial charge in [0.2, 0.25) is 0 Å². The van der Waals surface area contributed by atoms with E-state index >= 15 is 0 Å². The standard InChI is InChI=1S/C9H10O.C5H12O/c10-8-4-7-9-5-2-1-3-6-9;1-4(2)5(3)6/h1-7,10H,8H2;4-6H,1-3H3. The molecular weight excluding hydrogens is 200 g/mol. The van der Waals surface area contributed by atoms with Crippen LogP contribution in [0.2, 0.25) is 0 Å². The molecule has 0 heterocycles. The summed E-state index contributed by atoms with van der Waals surface area (Å²) < 4.78 is 0. The van der Waals surface area contributed by atoms with E-state index in [1.165, 1.54) is 0 Å². The molecule has 0 saturated carbocycles. The first kappa shape index (κ1) is 14.9. The van der Waals surface area contributed by atoms with Gasteiger partial charge in [-0.3, -0.25) is 0 Å². The molecule has 0 amide bonds. The van der Waals surface area contributed by atoms with Gasteiger partial charge in [-0.05, 0) is 18.4 Å². The predicted octanol–water partition coefficient (Wildman–Crippen LogP) is 2.72. The molecule has 0 aliphatic rings. The molecule has 0 saturated heterocycles. The topological polar surface area (TPSA) is 40.5 Å². The summed E-state index contributed by atoms with van der Waals surface area (Å²) in [6, 6.07) is 9.89. The Morgan fingerprint density at radius 2 is 1.62 bits per heavy atom. The van der Waals surface area contributed by atoms with Crippen molar-refractivity contribution in [1.29, 1.82) is 0 Å². The zero-order valence-corrected chi connectivity index (χ0v) is 10.3. The molecule has 0 aliphatic heterocycles. The van der Waals surface area contributed by atoms with E-state index in [-0.39, 0.29) is 12.7 Å². The summed E-state index contributed by atoms with van der Waals surface area (Å²) in [6.45, 7) is 5.88. The first-order chi connectivity index (χ1) is 7.57. The Kier molecular flexibility index (Phi) is 8.49. The van der Waals surface area contributed by atoms with E-state index in [1.54, 1.807) is 13.0 Å². The minimum absolute atomic E-state index is 0.106. The van der Waals surface area contributed by atoms with Crippen molar-refractivity contribution in [3.63, 3.8) is 0 Å². The van der Waals surface area contributed by atoms with Gasteiger partial charge in [-0.2, -0.15) is 0 Å². The lowest BCUT2D eigenvalue weighted by atomic mass is 10.1. The van der Waals surface area contributed by atoms with Crippen LogP contribution in [-0.4, -0.2) is 22.9 Å². The minimum atomic E-state index is -0.148. The lowest BCUT2D eigenvalue weighted by Crippen LogP contribution is -2.07. The number of hydrogen-bond acceptors (Lipinski definition) is 2. The summed E-state index contributed by atoms with van der Waals surface area (Å²) in [4.78, 5) is 0. The summed E-state index contributed by atoms with van der Waals surface area (Å²) in [7, 11) is 0. The number of hydrogen-bond donors (Lipinski definition) is 2. The number of benzene rings is 1. The highest BCUT2D eigenvalue weighted by Gasteiger charge is 1.97. The van der Waals surface area contributed by atoms with Crippen LogP contribution in [0.15, 0.2) is 36.4 Å². The van der Waals surface area contributed by atoms with Crippen LogP contribution in [0.5, 0.6) is 0 Å². The number of aliphatic hydroxyl groups excluding tert-OH is 2. The van der Waals surface area contributed by atoms with Crippen LogP contribution in [-0.2, 0) is 0 Å². The summed E-state index contributed by atoms with van der Waals surface area (Å²) >= 11 is 0. The molecule has 2 heteroatoms. The Labute approximate surface area is 98.3 Å². The van der Waals surface area contributed by atoms with Crippen LogP contribution in [0.1, 0.15) is 26.3 Å². The smallest absolute Gasteiger partial charge is 0.0615 e. The van der Waals surface area contributed by atoms with Gasteiger partial charge in [0.1, 0.15) is 0 Å². The van der Waals surface area contributed by atoms with Crippen molar-refractivity contribution in [3.05, 3.63) is 42.0 Å². The van der Waals surface area contributed by atoms with E-state index in [9.17, 15) is 0 Å². The van der Waals surface area contributed by atoms with Crippen LogP contribution < -0.4 is 0 Å². The molecule has 1 atom stereocenters. The van der Waals surface area contributed by atoms with E-state index in [4.69, 9.17) is 10.2 Å². The van der Waals surface area contributed by atoms with Crippen LogP contribution in [0.3, 0.4) is 0 Å². The second-order valence-electron chi connectivity index (χ2n) is 3.98. The number of rotatable bonds is 3. The molecule has 0 bridgehead atoms. The molecule has 0 radical (unpaired) electrons. The lowest BCUT2D eigenvalue weighted by Gasteiger charge is -2.04. The monoisotopic (exact) mass is 222 g/mol. The molecule has 2 nitrogen and oxygen atoms in total. The van der Waals surface area contributed by atoms with E-state index in [0.29, 0.717) is 5.92 Å². The molecule has 0 spiro atoms. The van der Waals surface area contributed by atoms with Crippen molar-refractivity contribution in [3.8, 4) is 0 Å². The maximum atomic E-state index is 8.63. The normalized spacial score (nSPS) is 12.4. The molecular formula is C14H22O2. The van der Waals surface area contributed by atoms with Crippen LogP contribution in [0, 0.1) is 5.92 Å². The van der Waals surface area contributed by atoms with Crippen molar-refractivity contribution < 1.29 is 10.2 Å². The third-order valence-electron chi connectivity index (χ3n) is 2.18. The number of aliphatic hydroxyl groups is 2. The molecule has 2 N–H and O–H groups in total. The van der Waals surface area contributed by atoms with E-state index in [2.05, 4.69) is 0 Å². The SMILES string of the molecule is CC(C)C(C)O.OCC=Cc1ccccc1. The third-order valence-corrected chi connectivity index (χ3v) is 2.18. The zero-order valence-electron chi connectivity index (χ0n) is 10.3.